The zero-order chi connectivity index (χ0) is 10.5. The fraction of sp³-hybridized carbons (Fsp3) is 0.333. The van der Waals surface area contributed by atoms with Gasteiger partial charge in [-0.05, 0) is 18.5 Å². The molecular formula is C12H14NO2. The van der Waals surface area contributed by atoms with E-state index in [0.29, 0.717) is 13.2 Å². The van der Waals surface area contributed by atoms with Crippen LogP contribution < -0.4 is 5.32 Å². The number of carbonyl (C=O) groups excluding carboxylic acids is 1. The van der Waals surface area contributed by atoms with Crippen LogP contribution in [0.15, 0.2) is 30.3 Å². The van der Waals surface area contributed by atoms with E-state index in [4.69, 9.17) is 4.74 Å². The van der Waals surface area contributed by atoms with Crippen LogP contribution in [0.5, 0.6) is 0 Å². The molecule has 15 heavy (non-hydrogen) atoms. The Bertz CT molecular complexity index is 318. The van der Waals surface area contributed by atoms with E-state index in [1.54, 1.807) is 0 Å². The van der Waals surface area contributed by atoms with Crippen molar-refractivity contribution >= 4 is 5.97 Å². The molecule has 1 aromatic rings. The Kier molecular flexibility index (Phi) is 3.35. The first-order valence-electron chi connectivity index (χ1n) is 5.13. The third-order valence-electron chi connectivity index (χ3n) is 2.44. The Hall–Kier alpha value is -1.35. The van der Waals surface area contributed by atoms with Gasteiger partial charge in [0.15, 0.2) is 0 Å². The lowest BCUT2D eigenvalue weighted by Crippen LogP contribution is -2.18. The number of esters is 1. The van der Waals surface area contributed by atoms with Gasteiger partial charge in [-0.2, -0.15) is 0 Å². The molecule has 1 radical (unpaired) electrons. The minimum atomic E-state index is -0.163. The molecule has 0 aliphatic carbocycles. The highest BCUT2D eigenvalue weighted by Crippen LogP contribution is 2.13. The van der Waals surface area contributed by atoms with Crippen molar-refractivity contribution in [2.75, 3.05) is 13.1 Å². The summed E-state index contributed by atoms with van der Waals surface area (Å²) in [7, 11) is 0. The molecule has 1 aliphatic rings. The van der Waals surface area contributed by atoms with E-state index in [0.717, 1.165) is 24.4 Å². The summed E-state index contributed by atoms with van der Waals surface area (Å²) in [5, 5.41) is 3.11. The average Bonchev–Trinajstić information content (AvgIpc) is 2.81. The van der Waals surface area contributed by atoms with E-state index in [-0.39, 0.29) is 5.97 Å². The van der Waals surface area contributed by atoms with Crippen molar-refractivity contribution < 1.29 is 9.53 Å². The molecule has 1 heterocycles. The lowest BCUT2D eigenvalue weighted by Gasteiger charge is -2.08. The molecule has 0 amide bonds. The van der Waals surface area contributed by atoms with Gasteiger partial charge < -0.3 is 10.1 Å². The quantitative estimate of drug-likeness (QED) is 0.754. The predicted octanol–water partition coefficient (Wildman–Crippen LogP) is 1.30. The van der Waals surface area contributed by atoms with Crippen LogP contribution in [0.1, 0.15) is 12.0 Å². The van der Waals surface area contributed by atoms with Crippen LogP contribution in [0.25, 0.3) is 0 Å². The largest absolute Gasteiger partial charge is 0.460 e. The normalized spacial score (nSPS) is 16.5. The molecule has 1 saturated heterocycles. The molecule has 3 heteroatoms. The summed E-state index contributed by atoms with van der Waals surface area (Å²) < 4.78 is 5.20. The minimum absolute atomic E-state index is 0.163. The molecule has 0 aromatic heterocycles. The average molecular weight is 204 g/mol. The van der Waals surface area contributed by atoms with Crippen molar-refractivity contribution in [1.29, 1.82) is 0 Å². The van der Waals surface area contributed by atoms with Gasteiger partial charge >= 0.3 is 5.97 Å². The highest BCUT2D eigenvalue weighted by Gasteiger charge is 2.24. The van der Waals surface area contributed by atoms with Gasteiger partial charge in [-0.1, -0.05) is 30.3 Å². The Balaban J connectivity index is 1.80. The molecule has 0 unspecified atom stereocenters. The van der Waals surface area contributed by atoms with Gasteiger partial charge in [-0.25, -0.2) is 0 Å². The third-order valence-corrected chi connectivity index (χ3v) is 2.44. The number of carbonyl (C=O) groups is 1. The number of hydrogen-bond acceptors (Lipinski definition) is 3. The van der Waals surface area contributed by atoms with Gasteiger partial charge in [0.25, 0.3) is 0 Å². The predicted molar refractivity (Wildman–Crippen MR) is 57.0 cm³/mol. The van der Waals surface area contributed by atoms with Gasteiger partial charge in [0, 0.05) is 6.54 Å². The molecule has 3 nitrogen and oxygen atoms in total. The Morgan fingerprint density at radius 3 is 2.80 bits per heavy atom. The van der Waals surface area contributed by atoms with E-state index in [1.165, 1.54) is 0 Å². The second kappa shape index (κ2) is 4.94. The van der Waals surface area contributed by atoms with Gasteiger partial charge in [-0.15, -0.1) is 0 Å². The Morgan fingerprint density at radius 1 is 1.33 bits per heavy atom. The molecule has 1 fully saturated rings. The fourth-order valence-electron chi connectivity index (χ4n) is 1.57. The van der Waals surface area contributed by atoms with Gasteiger partial charge in [0.2, 0.25) is 0 Å². The highest BCUT2D eigenvalue weighted by molar-refractivity contribution is 5.85. The second-order valence-electron chi connectivity index (χ2n) is 3.59. The number of benzene rings is 1. The molecule has 0 saturated carbocycles. The number of nitrogens with one attached hydrogen (secondary N) is 1. The summed E-state index contributed by atoms with van der Waals surface area (Å²) in [5.41, 5.74) is 1.03. The van der Waals surface area contributed by atoms with Gasteiger partial charge in [0.05, 0.1) is 5.92 Å². The lowest BCUT2D eigenvalue weighted by atomic mass is 10.1. The zero-order valence-corrected chi connectivity index (χ0v) is 8.53. The molecule has 79 valence electrons. The van der Waals surface area contributed by atoms with Crippen LogP contribution in [0, 0.1) is 5.92 Å². The number of rotatable bonds is 3. The summed E-state index contributed by atoms with van der Waals surface area (Å²) in [6.45, 7) is 1.92. The Morgan fingerprint density at radius 2 is 2.13 bits per heavy atom. The van der Waals surface area contributed by atoms with Crippen molar-refractivity contribution in [3.8, 4) is 0 Å². The first-order valence-corrected chi connectivity index (χ1v) is 5.13. The molecule has 1 aromatic carbocycles. The van der Waals surface area contributed by atoms with Crippen molar-refractivity contribution in [2.45, 2.75) is 13.0 Å². The first-order chi connectivity index (χ1) is 7.36. The van der Waals surface area contributed by atoms with Crippen LogP contribution in [0.4, 0.5) is 0 Å². The van der Waals surface area contributed by atoms with E-state index >= 15 is 0 Å². The van der Waals surface area contributed by atoms with Gasteiger partial charge in [0.1, 0.15) is 6.61 Å². The summed E-state index contributed by atoms with van der Waals surface area (Å²) >= 11 is 0. The molecule has 0 spiro atoms. The standard InChI is InChI=1S/C12H14NO2/c14-12(11-6-7-13-8-11)15-9-10-4-2-1-3-5-10/h1-5,13H,6-9H2. The molecule has 1 N–H and O–H groups in total. The molecule has 0 atom stereocenters. The van der Waals surface area contributed by atoms with Crippen LogP contribution in [0.3, 0.4) is 0 Å². The second-order valence-corrected chi connectivity index (χ2v) is 3.59. The van der Waals surface area contributed by atoms with Gasteiger partial charge in [-0.3, -0.25) is 4.79 Å². The van der Waals surface area contributed by atoms with Crippen LogP contribution in [-0.2, 0) is 16.1 Å². The minimum Gasteiger partial charge on any atom is -0.460 e. The lowest BCUT2D eigenvalue weighted by molar-refractivity contribution is -0.142. The monoisotopic (exact) mass is 204 g/mol. The van der Waals surface area contributed by atoms with Crippen molar-refractivity contribution in [3.05, 3.63) is 41.8 Å². The van der Waals surface area contributed by atoms with E-state index in [2.05, 4.69) is 5.32 Å². The molecule has 0 bridgehead atoms. The zero-order valence-electron chi connectivity index (χ0n) is 8.53. The highest BCUT2D eigenvalue weighted by atomic mass is 16.5. The smallest absolute Gasteiger partial charge is 0.314 e. The fourth-order valence-corrected chi connectivity index (χ4v) is 1.57. The van der Waals surface area contributed by atoms with Crippen molar-refractivity contribution in [3.63, 3.8) is 0 Å². The van der Waals surface area contributed by atoms with Crippen LogP contribution >= 0.6 is 0 Å². The maximum atomic E-state index is 11.5. The van der Waals surface area contributed by atoms with E-state index in [1.807, 2.05) is 30.3 Å². The Labute approximate surface area is 89.4 Å². The summed E-state index contributed by atoms with van der Waals surface area (Å²) in [4.78, 5) is 11.5. The van der Waals surface area contributed by atoms with E-state index in [9.17, 15) is 4.79 Å². The maximum absolute atomic E-state index is 11.5. The number of ether oxygens (including phenoxy) is 1. The summed E-state index contributed by atoms with van der Waals surface area (Å²) in [5.74, 6) is 0.690. The molecule has 1 aliphatic heterocycles. The van der Waals surface area contributed by atoms with E-state index < -0.39 is 0 Å². The van der Waals surface area contributed by atoms with Crippen LogP contribution in [0.2, 0.25) is 0 Å². The summed E-state index contributed by atoms with van der Waals surface area (Å²) in [6, 6.07) is 9.72. The van der Waals surface area contributed by atoms with Crippen molar-refractivity contribution in [2.24, 2.45) is 0 Å². The molecular weight excluding hydrogens is 190 g/mol. The number of hydrogen-bond donors (Lipinski definition) is 1. The SMILES string of the molecule is O=C(OCc1ccccc1)[C]1CCNC1. The van der Waals surface area contributed by atoms with Crippen molar-refractivity contribution in [1.82, 2.24) is 5.32 Å². The first kappa shape index (κ1) is 10.2. The maximum Gasteiger partial charge on any atom is 0.314 e. The third kappa shape index (κ3) is 2.80. The molecule has 2 rings (SSSR count). The summed E-state index contributed by atoms with van der Waals surface area (Å²) in [6.07, 6.45) is 0.813. The van der Waals surface area contributed by atoms with Crippen LogP contribution in [-0.4, -0.2) is 19.1 Å². The topological polar surface area (TPSA) is 38.3 Å².